The van der Waals surface area contributed by atoms with Crippen LogP contribution in [0.5, 0.6) is 0 Å². The van der Waals surface area contributed by atoms with E-state index in [2.05, 4.69) is 25.4 Å². The van der Waals surface area contributed by atoms with Gasteiger partial charge in [0.2, 0.25) is 5.91 Å². The van der Waals surface area contributed by atoms with Gasteiger partial charge < -0.3 is 9.88 Å². The highest BCUT2D eigenvalue weighted by molar-refractivity contribution is 8.00. The lowest BCUT2D eigenvalue weighted by Gasteiger charge is -2.56. The van der Waals surface area contributed by atoms with Crippen molar-refractivity contribution < 1.29 is 9.59 Å². The summed E-state index contributed by atoms with van der Waals surface area (Å²) in [6.45, 7) is 3.76. The first kappa shape index (κ1) is 18.5. The minimum atomic E-state index is -0.400. The van der Waals surface area contributed by atoms with Crippen molar-refractivity contribution in [2.24, 2.45) is 17.8 Å². The Morgan fingerprint density at radius 2 is 1.71 bits per heavy atom. The fourth-order valence-electron chi connectivity index (χ4n) is 6.14. The molecule has 5 fully saturated rings. The van der Waals surface area contributed by atoms with Gasteiger partial charge in [-0.15, -0.1) is 10.2 Å². The molecule has 0 radical (unpaired) electrons. The molecule has 3 amide bonds. The second kappa shape index (κ2) is 6.75. The number of carbonyl (C=O) groups excluding carboxylic acids is 2. The van der Waals surface area contributed by atoms with Crippen LogP contribution in [0.15, 0.2) is 5.16 Å². The van der Waals surface area contributed by atoms with Gasteiger partial charge in [-0.05, 0) is 83.0 Å². The number of imide groups is 1. The van der Waals surface area contributed by atoms with Crippen LogP contribution in [0.4, 0.5) is 4.79 Å². The van der Waals surface area contributed by atoms with Crippen molar-refractivity contribution in [1.29, 1.82) is 0 Å². The van der Waals surface area contributed by atoms with E-state index in [0.717, 1.165) is 60.8 Å². The third-order valence-corrected chi connectivity index (χ3v) is 8.11. The van der Waals surface area contributed by atoms with Gasteiger partial charge in [-0.25, -0.2) is 4.79 Å². The maximum absolute atomic E-state index is 12.6. The van der Waals surface area contributed by atoms with E-state index >= 15 is 0 Å². The number of hydrogen-bond donors (Lipinski definition) is 2. The summed E-state index contributed by atoms with van der Waals surface area (Å²) in [6, 6.07) is 0.131. The van der Waals surface area contributed by atoms with E-state index in [0.29, 0.717) is 6.04 Å². The van der Waals surface area contributed by atoms with Crippen molar-refractivity contribution in [2.45, 2.75) is 87.2 Å². The molecule has 1 atom stereocenters. The number of hydrogen-bond acceptors (Lipinski definition) is 5. The number of carbonyl (C=O) groups is 2. The maximum atomic E-state index is 12.6. The molecule has 5 aliphatic carbocycles. The molecule has 2 N–H and O–H groups in total. The third kappa shape index (κ3) is 3.44. The number of aromatic nitrogens is 3. The summed E-state index contributed by atoms with van der Waals surface area (Å²) in [4.78, 5) is 25.2. The van der Waals surface area contributed by atoms with Gasteiger partial charge in [0.1, 0.15) is 5.82 Å². The summed E-state index contributed by atoms with van der Waals surface area (Å²) in [6.07, 6.45) is 9.50. The second-order valence-corrected chi connectivity index (χ2v) is 10.8. The van der Waals surface area contributed by atoms with E-state index < -0.39 is 5.25 Å². The number of urea groups is 1. The zero-order chi connectivity index (χ0) is 19.5. The molecular weight excluding hydrogens is 374 g/mol. The van der Waals surface area contributed by atoms with Crippen LogP contribution in [-0.4, -0.2) is 37.5 Å². The average Bonchev–Trinajstić information content (AvgIpc) is 3.36. The Bertz CT molecular complexity index is 767. The fourth-order valence-corrected chi connectivity index (χ4v) is 7.11. The lowest BCUT2D eigenvalue weighted by Crippen LogP contribution is -2.62. The first-order chi connectivity index (χ1) is 13.4. The third-order valence-electron chi connectivity index (χ3n) is 7.05. The van der Waals surface area contributed by atoms with Crippen molar-refractivity contribution in [3.63, 3.8) is 0 Å². The Kier molecular flexibility index (Phi) is 4.45. The lowest BCUT2D eigenvalue weighted by atomic mass is 9.53. The standard InChI is InChI=1S/C20H29N5O2S/c1-11(28-19-24-23-12(2)25(19)16-3-4-16)17(26)21-18(27)22-20-8-13-5-14(9-20)7-15(6-13)10-20/h11,13-16H,3-10H2,1-2H3,(H2,21,22,26,27)/t11-,13?,14?,15?,20?/m0/s1. The molecule has 8 heteroatoms. The smallest absolute Gasteiger partial charge is 0.321 e. The predicted molar refractivity (Wildman–Crippen MR) is 106 cm³/mol. The lowest BCUT2D eigenvalue weighted by molar-refractivity contribution is -0.119. The minimum Gasteiger partial charge on any atom is -0.332 e. The summed E-state index contributed by atoms with van der Waals surface area (Å²) in [5.74, 6) is 2.89. The van der Waals surface area contributed by atoms with Gasteiger partial charge in [-0.2, -0.15) is 0 Å². The Morgan fingerprint density at radius 1 is 1.11 bits per heavy atom. The summed E-state index contributed by atoms with van der Waals surface area (Å²) >= 11 is 1.38. The van der Waals surface area contributed by atoms with Crippen LogP contribution in [0.3, 0.4) is 0 Å². The Hall–Kier alpha value is -1.57. The topological polar surface area (TPSA) is 88.9 Å². The maximum Gasteiger partial charge on any atom is 0.321 e. The van der Waals surface area contributed by atoms with Crippen molar-refractivity contribution in [3.05, 3.63) is 5.82 Å². The predicted octanol–water partition coefficient (Wildman–Crippen LogP) is 3.20. The molecule has 0 saturated heterocycles. The highest BCUT2D eigenvalue weighted by Gasteiger charge is 2.51. The van der Waals surface area contributed by atoms with Crippen molar-refractivity contribution in [3.8, 4) is 0 Å². The molecular formula is C20H29N5O2S. The van der Waals surface area contributed by atoms with Gasteiger partial charge in [0, 0.05) is 11.6 Å². The average molecular weight is 404 g/mol. The van der Waals surface area contributed by atoms with E-state index in [9.17, 15) is 9.59 Å². The van der Waals surface area contributed by atoms with Crippen LogP contribution in [0.2, 0.25) is 0 Å². The number of nitrogens with zero attached hydrogens (tertiary/aromatic N) is 3. The van der Waals surface area contributed by atoms with Crippen LogP contribution >= 0.6 is 11.8 Å². The number of thioether (sulfide) groups is 1. The molecule has 0 aromatic carbocycles. The Morgan fingerprint density at radius 3 is 2.29 bits per heavy atom. The molecule has 6 rings (SSSR count). The van der Waals surface area contributed by atoms with E-state index in [1.54, 1.807) is 0 Å². The quantitative estimate of drug-likeness (QED) is 0.737. The first-order valence-electron chi connectivity index (χ1n) is 10.6. The molecule has 7 nitrogen and oxygen atoms in total. The zero-order valence-electron chi connectivity index (χ0n) is 16.6. The monoisotopic (exact) mass is 403 g/mol. The van der Waals surface area contributed by atoms with Gasteiger partial charge in [0.05, 0.1) is 5.25 Å². The van der Waals surface area contributed by atoms with Crippen LogP contribution in [0.1, 0.15) is 70.2 Å². The SMILES string of the molecule is Cc1nnc(S[C@@H](C)C(=O)NC(=O)NC23CC4CC(CC(C4)C2)C3)n1C1CC1. The largest absolute Gasteiger partial charge is 0.332 e. The molecule has 4 bridgehead atoms. The van der Waals surface area contributed by atoms with Crippen molar-refractivity contribution in [1.82, 2.24) is 25.4 Å². The van der Waals surface area contributed by atoms with E-state index in [-0.39, 0.29) is 17.5 Å². The van der Waals surface area contributed by atoms with Gasteiger partial charge >= 0.3 is 6.03 Å². The van der Waals surface area contributed by atoms with Crippen LogP contribution in [0.25, 0.3) is 0 Å². The second-order valence-electron chi connectivity index (χ2n) is 9.53. The Labute approximate surface area is 169 Å². The van der Waals surface area contributed by atoms with Crippen molar-refractivity contribution in [2.75, 3.05) is 0 Å². The van der Waals surface area contributed by atoms with Crippen LogP contribution in [0, 0.1) is 24.7 Å². The molecule has 5 aliphatic rings. The molecule has 0 aliphatic heterocycles. The molecule has 1 aromatic heterocycles. The molecule has 1 heterocycles. The van der Waals surface area contributed by atoms with E-state index in [1.165, 1.54) is 31.0 Å². The summed E-state index contributed by atoms with van der Waals surface area (Å²) in [7, 11) is 0. The van der Waals surface area contributed by atoms with Crippen molar-refractivity contribution >= 4 is 23.7 Å². The van der Waals surface area contributed by atoms with E-state index in [1.807, 2.05) is 13.8 Å². The van der Waals surface area contributed by atoms with Crippen LogP contribution < -0.4 is 10.6 Å². The highest BCUT2D eigenvalue weighted by atomic mass is 32.2. The van der Waals surface area contributed by atoms with Gasteiger partial charge in [0.25, 0.3) is 0 Å². The molecule has 28 heavy (non-hydrogen) atoms. The summed E-state index contributed by atoms with van der Waals surface area (Å²) < 4.78 is 2.12. The van der Waals surface area contributed by atoms with Gasteiger partial charge in [0.15, 0.2) is 5.16 Å². The van der Waals surface area contributed by atoms with Crippen LogP contribution in [-0.2, 0) is 4.79 Å². The molecule has 5 saturated carbocycles. The number of amides is 3. The summed E-state index contributed by atoms with van der Waals surface area (Å²) in [5.41, 5.74) is -0.0846. The molecule has 152 valence electrons. The zero-order valence-corrected chi connectivity index (χ0v) is 17.4. The van der Waals surface area contributed by atoms with Gasteiger partial charge in [-0.1, -0.05) is 11.8 Å². The normalized spacial score (nSPS) is 34.3. The van der Waals surface area contributed by atoms with Gasteiger partial charge in [-0.3, -0.25) is 10.1 Å². The number of rotatable bonds is 5. The highest BCUT2D eigenvalue weighted by Crippen LogP contribution is 2.55. The molecule has 0 spiro atoms. The Balaban J connectivity index is 1.18. The number of aryl methyl sites for hydroxylation is 1. The fraction of sp³-hybridized carbons (Fsp3) is 0.800. The van der Waals surface area contributed by atoms with E-state index in [4.69, 9.17) is 0 Å². The first-order valence-corrected chi connectivity index (χ1v) is 11.5. The summed E-state index contributed by atoms with van der Waals surface area (Å²) in [5, 5.41) is 14.5. The molecule has 0 unspecified atom stereocenters. The minimum absolute atomic E-state index is 0.0846. The number of nitrogens with one attached hydrogen (secondary N) is 2. The molecule has 1 aromatic rings.